The Morgan fingerprint density at radius 2 is 1.74 bits per heavy atom. The maximum absolute atomic E-state index is 13.8. The van der Waals surface area contributed by atoms with Gasteiger partial charge in [-0.3, -0.25) is 18.7 Å². The van der Waals surface area contributed by atoms with E-state index in [0.29, 0.717) is 36.6 Å². The fourth-order valence-corrected chi connectivity index (χ4v) is 6.10. The van der Waals surface area contributed by atoms with Crippen LogP contribution in [0.3, 0.4) is 0 Å². The molecule has 38 heavy (non-hydrogen) atoms. The molecule has 1 N–H and O–H groups in total. The van der Waals surface area contributed by atoms with Crippen LogP contribution in [0, 0.1) is 17.8 Å². The van der Waals surface area contributed by atoms with E-state index in [0.717, 1.165) is 16.8 Å². The normalized spacial score (nSPS) is 11.0. The number of methoxy groups -OCH3 is 1. The quantitative estimate of drug-likeness (QED) is 0.143. The number of nitrogens with zero attached hydrogens (tertiary/aromatic N) is 3. The van der Waals surface area contributed by atoms with Crippen LogP contribution in [0.1, 0.15) is 11.1 Å². The number of rotatable bonds is 7. The van der Waals surface area contributed by atoms with Gasteiger partial charge in [-0.05, 0) is 73.6 Å². The summed E-state index contributed by atoms with van der Waals surface area (Å²) in [6.45, 7) is 4.08. The number of carbonyl (C=O) groups excluding carboxylic acids is 1. The number of anilines is 1. The molecule has 5 aromatic rings. The Morgan fingerprint density at radius 1 is 1.00 bits per heavy atom. The van der Waals surface area contributed by atoms with Crippen molar-refractivity contribution >= 4 is 57.3 Å². The molecule has 2 aromatic heterocycles. The highest BCUT2D eigenvalue weighted by molar-refractivity contribution is 7.99. The Hall–Kier alpha value is -3.73. The lowest BCUT2D eigenvalue weighted by Gasteiger charge is -2.14. The fourth-order valence-electron chi connectivity index (χ4n) is 3.99. The maximum Gasteiger partial charge on any atom is 0.278 e. The molecule has 192 valence electrons. The third-order valence-electron chi connectivity index (χ3n) is 6.05. The lowest BCUT2D eigenvalue weighted by molar-refractivity contribution is -0.113. The summed E-state index contributed by atoms with van der Waals surface area (Å²) in [6, 6.07) is 22.5. The number of thioether (sulfide) groups is 1. The van der Waals surface area contributed by atoms with Gasteiger partial charge in [0.2, 0.25) is 5.91 Å². The van der Waals surface area contributed by atoms with Crippen LogP contribution >= 0.6 is 35.3 Å². The summed E-state index contributed by atoms with van der Waals surface area (Å²) in [4.78, 5) is 31.6. The van der Waals surface area contributed by atoms with Crippen LogP contribution in [0.2, 0.25) is 0 Å². The Kier molecular flexibility index (Phi) is 7.46. The average Bonchev–Trinajstić information content (AvgIpc) is 3.26. The number of hydrogen-bond acceptors (Lipinski definition) is 7. The number of ether oxygens (including phenoxy) is 1. The molecule has 0 fully saturated rings. The second-order valence-corrected chi connectivity index (χ2v) is 11.1. The van der Waals surface area contributed by atoms with Crippen LogP contribution in [-0.4, -0.2) is 32.9 Å². The van der Waals surface area contributed by atoms with Crippen LogP contribution < -0.4 is 15.6 Å². The SMILES string of the molecule is COc1ccccc1NC(=O)CSc1nc2c(sc(=S)n2-c2ccc(C)c(C)c2)c(=O)n1-c1ccccc1. The van der Waals surface area contributed by atoms with E-state index >= 15 is 0 Å². The van der Waals surface area contributed by atoms with Crippen molar-refractivity contribution in [3.8, 4) is 17.1 Å². The minimum absolute atomic E-state index is 0.0390. The first kappa shape index (κ1) is 25.9. The van der Waals surface area contributed by atoms with Crippen LogP contribution in [0.4, 0.5) is 5.69 Å². The molecule has 0 saturated heterocycles. The molecule has 0 spiro atoms. The van der Waals surface area contributed by atoms with Gasteiger partial charge in [-0.1, -0.05) is 59.5 Å². The van der Waals surface area contributed by atoms with E-state index < -0.39 is 0 Å². The van der Waals surface area contributed by atoms with Crippen molar-refractivity contribution in [1.29, 1.82) is 0 Å². The first-order valence-electron chi connectivity index (χ1n) is 11.7. The van der Waals surface area contributed by atoms with Gasteiger partial charge in [0.15, 0.2) is 14.8 Å². The Labute approximate surface area is 232 Å². The molecule has 1 amide bonds. The van der Waals surface area contributed by atoms with Crippen molar-refractivity contribution < 1.29 is 9.53 Å². The van der Waals surface area contributed by atoms with Crippen molar-refractivity contribution in [2.75, 3.05) is 18.2 Å². The standard InChI is InChI=1S/C28H24N4O3S3/c1-17-13-14-20(15-18(17)2)31-25-24(38-28(31)36)26(34)32(19-9-5-4-6-10-19)27(30-25)37-16-23(33)29-21-11-7-8-12-22(21)35-3/h4-15H,16H2,1-3H3,(H,29,33). The molecule has 0 saturated carbocycles. The zero-order chi connectivity index (χ0) is 26.8. The van der Waals surface area contributed by atoms with E-state index in [9.17, 15) is 9.59 Å². The lowest BCUT2D eigenvalue weighted by atomic mass is 10.1. The molecule has 3 aromatic carbocycles. The Balaban J connectivity index is 1.59. The number of thiazole rings is 1. The number of amides is 1. The third kappa shape index (κ3) is 5.02. The minimum atomic E-state index is -0.246. The smallest absolute Gasteiger partial charge is 0.278 e. The van der Waals surface area contributed by atoms with Gasteiger partial charge >= 0.3 is 0 Å². The number of hydrogen-bond donors (Lipinski definition) is 1. The number of benzene rings is 3. The minimum Gasteiger partial charge on any atom is -0.495 e. The van der Waals surface area contributed by atoms with E-state index in [1.54, 1.807) is 23.8 Å². The topological polar surface area (TPSA) is 78.2 Å². The molecule has 0 bridgehead atoms. The number of aryl methyl sites for hydroxylation is 2. The number of para-hydroxylation sites is 3. The molecule has 7 nitrogen and oxygen atoms in total. The predicted octanol–water partition coefficient (Wildman–Crippen LogP) is 6.32. The summed E-state index contributed by atoms with van der Waals surface area (Å²) < 4.78 is 9.69. The number of fused-ring (bicyclic) bond motifs is 1. The summed E-state index contributed by atoms with van der Waals surface area (Å²) in [6.07, 6.45) is 0. The summed E-state index contributed by atoms with van der Waals surface area (Å²) in [7, 11) is 1.55. The zero-order valence-corrected chi connectivity index (χ0v) is 23.4. The van der Waals surface area contributed by atoms with Crippen LogP contribution in [-0.2, 0) is 4.79 Å². The Bertz CT molecular complexity index is 1770. The second-order valence-electron chi connectivity index (χ2n) is 8.53. The highest BCUT2D eigenvalue weighted by Crippen LogP contribution is 2.29. The van der Waals surface area contributed by atoms with Gasteiger partial charge in [-0.15, -0.1) is 0 Å². The Morgan fingerprint density at radius 3 is 2.47 bits per heavy atom. The number of aromatic nitrogens is 3. The summed E-state index contributed by atoms with van der Waals surface area (Å²) in [5.41, 5.74) is 4.61. The van der Waals surface area contributed by atoms with Gasteiger partial charge in [0.1, 0.15) is 10.4 Å². The van der Waals surface area contributed by atoms with Crippen molar-refractivity contribution in [1.82, 2.24) is 14.1 Å². The van der Waals surface area contributed by atoms with Gasteiger partial charge in [0.25, 0.3) is 5.56 Å². The number of carbonyl (C=O) groups is 1. The molecular weight excluding hydrogens is 537 g/mol. The molecule has 10 heteroatoms. The molecule has 0 aliphatic carbocycles. The monoisotopic (exact) mass is 560 g/mol. The van der Waals surface area contributed by atoms with Crippen molar-refractivity contribution in [2.24, 2.45) is 0 Å². The van der Waals surface area contributed by atoms with Gasteiger partial charge in [0.05, 0.1) is 24.2 Å². The van der Waals surface area contributed by atoms with Crippen molar-refractivity contribution in [3.05, 3.63) is 98.2 Å². The average molecular weight is 561 g/mol. The molecule has 0 atom stereocenters. The first-order chi connectivity index (χ1) is 18.4. The summed E-state index contributed by atoms with van der Waals surface area (Å²) in [5.74, 6) is 0.360. The lowest BCUT2D eigenvalue weighted by Crippen LogP contribution is -2.22. The molecule has 0 aliphatic heterocycles. The third-order valence-corrected chi connectivity index (χ3v) is 8.34. The summed E-state index contributed by atoms with van der Waals surface area (Å²) >= 11 is 8.11. The molecular formula is C28H24N4O3S3. The van der Waals surface area contributed by atoms with Crippen LogP contribution in [0.15, 0.2) is 82.7 Å². The predicted molar refractivity (Wildman–Crippen MR) is 157 cm³/mol. The van der Waals surface area contributed by atoms with E-state index in [4.69, 9.17) is 21.9 Å². The van der Waals surface area contributed by atoms with E-state index in [2.05, 4.69) is 5.32 Å². The second kappa shape index (κ2) is 10.9. The molecule has 5 rings (SSSR count). The molecule has 0 radical (unpaired) electrons. The molecule has 0 aliphatic rings. The largest absolute Gasteiger partial charge is 0.495 e. The van der Waals surface area contributed by atoms with Gasteiger partial charge in [0, 0.05) is 5.69 Å². The number of nitrogens with one attached hydrogen (secondary N) is 1. The van der Waals surface area contributed by atoms with Gasteiger partial charge < -0.3 is 10.1 Å². The van der Waals surface area contributed by atoms with Crippen LogP contribution in [0.25, 0.3) is 21.7 Å². The first-order valence-corrected chi connectivity index (χ1v) is 14.0. The molecule has 2 heterocycles. The van der Waals surface area contributed by atoms with Crippen LogP contribution in [0.5, 0.6) is 5.75 Å². The van der Waals surface area contributed by atoms with E-state index in [-0.39, 0.29) is 17.2 Å². The van der Waals surface area contributed by atoms with E-state index in [1.807, 2.05) is 79.1 Å². The van der Waals surface area contributed by atoms with E-state index in [1.165, 1.54) is 23.1 Å². The summed E-state index contributed by atoms with van der Waals surface area (Å²) in [5, 5.41) is 3.27. The van der Waals surface area contributed by atoms with Crippen molar-refractivity contribution in [3.63, 3.8) is 0 Å². The van der Waals surface area contributed by atoms with Gasteiger partial charge in [-0.2, -0.15) is 0 Å². The highest BCUT2D eigenvalue weighted by Gasteiger charge is 2.20. The van der Waals surface area contributed by atoms with Crippen molar-refractivity contribution in [2.45, 2.75) is 19.0 Å². The molecule has 0 unspecified atom stereocenters. The fraction of sp³-hybridized carbons (Fsp3) is 0.143. The van der Waals surface area contributed by atoms with Gasteiger partial charge in [-0.25, -0.2) is 4.98 Å². The zero-order valence-electron chi connectivity index (χ0n) is 20.9. The maximum atomic E-state index is 13.8. The highest BCUT2D eigenvalue weighted by atomic mass is 32.2.